The lowest BCUT2D eigenvalue weighted by molar-refractivity contribution is -0.128. The van der Waals surface area contributed by atoms with Gasteiger partial charge in [0.15, 0.2) is 0 Å². The monoisotopic (exact) mass is 367 g/mol. The Morgan fingerprint density at radius 1 is 1.42 bits per heavy atom. The standard InChI is InChI=1S/C17H19Cl2N3O2/c1-10(9-22-6-2-3-14(22)23)8-20-17(24)16-15(19)12-7-11(18)4-5-13(12)21-16/h4-5,7,10,21H,2-3,6,8-9H2,1H3,(H,20,24)/t10-/m1/s1. The number of nitrogens with one attached hydrogen (secondary N) is 2. The van der Waals surface area contributed by atoms with Crippen LogP contribution >= 0.6 is 23.2 Å². The minimum atomic E-state index is -0.257. The predicted octanol–water partition coefficient (Wildman–Crippen LogP) is 3.46. The van der Waals surface area contributed by atoms with Crippen LogP contribution in [0.2, 0.25) is 10.0 Å². The number of nitrogens with zero attached hydrogens (tertiary/aromatic N) is 1. The first-order chi connectivity index (χ1) is 11.5. The molecule has 1 aliphatic heterocycles. The molecule has 7 heteroatoms. The molecule has 2 heterocycles. The lowest BCUT2D eigenvalue weighted by Crippen LogP contribution is -2.36. The molecule has 0 bridgehead atoms. The van der Waals surface area contributed by atoms with Crippen LogP contribution in [0.5, 0.6) is 0 Å². The van der Waals surface area contributed by atoms with E-state index in [1.165, 1.54) is 0 Å². The van der Waals surface area contributed by atoms with Gasteiger partial charge in [-0.15, -0.1) is 0 Å². The molecule has 1 aromatic carbocycles. The summed E-state index contributed by atoms with van der Waals surface area (Å²) in [7, 11) is 0. The molecule has 1 aromatic heterocycles. The molecule has 1 atom stereocenters. The Hall–Kier alpha value is -1.72. The average molecular weight is 368 g/mol. The third kappa shape index (κ3) is 3.52. The van der Waals surface area contributed by atoms with Gasteiger partial charge in [-0.3, -0.25) is 9.59 Å². The molecule has 0 spiro atoms. The smallest absolute Gasteiger partial charge is 0.269 e. The molecule has 2 amide bonds. The molecule has 0 aliphatic carbocycles. The molecular weight excluding hydrogens is 349 g/mol. The van der Waals surface area contributed by atoms with Crippen molar-refractivity contribution in [1.82, 2.24) is 15.2 Å². The Bertz CT molecular complexity index is 787. The van der Waals surface area contributed by atoms with Crippen LogP contribution in [-0.2, 0) is 4.79 Å². The van der Waals surface area contributed by atoms with Crippen molar-refractivity contribution in [2.75, 3.05) is 19.6 Å². The molecule has 128 valence electrons. The summed E-state index contributed by atoms with van der Waals surface area (Å²) in [5, 5.41) is 4.54. The summed E-state index contributed by atoms with van der Waals surface area (Å²) in [4.78, 5) is 28.9. The van der Waals surface area contributed by atoms with Crippen LogP contribution in [0.15, 0.2) is 18.2 Å². The van der Waals surface area contributed by atoms with E-state index >= 15 is 0 Å². The molecule has 0 saturated carbocycles. The third-order valence-corrected chi connectivity index (χ3v) is 4.87. The van der Waals surface area contributed by atoms with Crippen molar-refractivity contribution < 1.29 is 9.59 Å². The van der Waals surface area contributed by atoms with Crippen molar-refractivity contribution in [2.24, 2.45) is 5.92 Å². The van der Waals surface area contributed by atoms with E-state index in [9.17, 15) is 9.59 Å². The van der Waals surface area contributed by atoms with Gasteiger partial charge in [0.2, 0.25) is 5.91 Å². The lowest BCUT2D eigenvalue weighted by atomic mass is 10.1. The van der Waals surface area contributed by atoms with Crippen molar-refractivity contribution in [3.8, 4) is 0 Å². The Morgan fingerprint density at radius 2 is 2.21 bits per heavy atom. The molecule has 0 radical (unpaired) electrons. The summed E-state index contributed by atoms with van der Waals surface area (Å²) in [5.41, 5.74) is 1.10. The molecule has 2 N–H and O–H groups in total. The van der Waals surface area contributed by atoms with Gasteiger partial charge < -0.3 is 15.2 Å². The van der Waals surface area contributed by atoms with Crippen LogP contribution in [0.1, 0.15) is 30.3 Å². The number of amides is 2. The highest BCUT2D eigenvalue weighted by molar-refractivity contribution is 6.39. The molecule has 5 nitrogen and oxygen atoms in total. The zero-order valence-electron chi connectivity index (χ0n) is 13.4. The highest BCUT2D eigenvalue weighted by Gasteiger charge is 2.22. The summed E-state index contributed by atoms with van der Waals surface area (Å²) in [5.74, 6) is 0.115. The summed E-state index contributed by atoms with van der Waals surface area (Å²) >= 11 is 12.3. The number of H-pyrrole nitrogens is 1. The van der Waals surface area contributed by atoms with E-state index in [1.54, 1.807) is 18.2 Å². The number of aromatic amines is 1. The van der Waals surface area contributed by atoms with Gasteiger partial charge in [0.1, 0.15) is 5.69 Å². The summed E-state index contributed by atoms with van der Waals surface area (Å²) in [6.07, 6.45) is 1.55. The van der Waals surface area contributed by atoms with Gasteiger partial charge >= 0.3 is 0 Å². The topological polar surface area (TPSA) is 65.2 Å². The fourth-order valence-corrected chi connectivity index (χ4v) is 3.44. The zero-order chi connectivity index (χ0) is 17.3. The van der Waals surface area contributed by atoms with Gasteiger partial charge in [-0.2, -0.15) is 0 Å². The van der Waals surface area contributed by atoms with Gasteiger partial charge in [-0.05, 0) is 30.5 Å². The first-order valence-electron chi connectivity index (χ1n) is 7.98. The van der Waals surface area contributed by atoms with Gasteiger partial charge in [0.05, 0.1) is 5.02 Å². The number of aromatic nitrogens is 1. The normalized spacial score (nSPS) is 16.0. The van der Waals surface area contributed by atoms with Crippen LogP contribution in [0.25, 0.3) is 10.9 Å². The summed E-state index contributed by atoms with van der Waals surface area (Å²) in [6.45, 7) is 3.97. The number of hydrogen-bond acceptors (Lipinski definition) is 2. The van der Waals surface area contributed by atoms with Crippen LogP contribution in [-0.4, -0.2) is 41.3 Å². The molecule has 3 rings (SSSR count). The highest BCUT2D eigenvalue weighted by Crippen LogP contribution is 2.29. The molecule has 1 saturated heterocycles. The van der Waals surface area contributed by atoms with E-state index in [1.807, 2.05) is 11.8 Å². The molecule has 1 fully saturated rings. The quantitative estimate of drug-likeness (QED) is 0.849. The van der Waals surface area contributed by atoms with Gasteiger partial charge in [0.25, 0.3) is 5.91 Å². The Kier molecular flexibility index (Phi) is 5.01. The number of likely N-dealkylation sites (tertiary alicyclic amines) is 1. The number of rotatable bonds is 5. The minimum Gasteiger partial charge on any atom is -0.350 e. The van der Waals surface area contributed by atoms with E-state index in [0.717, 1.165) is 23.9 Å². The van der Waals surface area contributed by atoms with Crippen LogP contribution in [0.3, 0.4) is 0 Å². The molecule has 24 heavy (non-hydrogen) atoms. The van der Waals surface area contributed by atoms with Gasteiger partial charge in [-0.1, -0.05) is 30.1 Å². The van der Waals surface area contributed by atoms with Crippen molar-refractivity contribution in [3.05, 3.63) is 33.9 Å². The largest absolute Gasteiger partial charge is 0.350 e. The zero-order valence-corrected chi connectivity index (χ0v) is 14.9. The van der Waals surface area contributed by atoms with E-state index in [0.29, 0.717) is 35.2 Å². The Morgan fingerprint density at radius 3 is 2.92 bits per heavy atom. The van der Waals surface area contributed by atoms with Crippen molar-refractivity contribution in [1.29, 1.82) is 0 Å². The average Bonchev–Trinajstić information content (AvgIpc) is 3.09. The second-order valence-electron chi connectivity index (χ2n) is 6.26. The fourth-order valence-electron chi connectivity index (χ4n) is 2.98. The number of halogens is 2. The fraction of sp³-hybridized carbons (Fsp3) is 0.412. The van der Waals surface area contributed by atoms with Crippen LogP contribution in [0.4, 0.5) is 0 Å². The molecule has 2 aromatic rings. The Balaban J connectivity index is 1.62. The third-order valence-electron chi connectivity index (χ3n) is 4.24. The van der Waals surface area contributed by atoms with Crippen LogP contribution < -0.4 is 5.32 Å². The summed E-state index contributed by atoms with van der Waals surface area (Å²) in [6, 6.07) is 5.27. The van der Waals surface area contributed by atoms with E-state index in [-0.39, 0.29) is 17.7 Å². The van der Waals surface area contributed by atoms with E-state index in [2.05, 4.69) is 10.3 Å². The van der Waals surface area contributed by atoms with Crippen molar-refractivity contribution >= 4 is 45.9 Å². The molecule has 0 unspecified atom stereocenters. The van der Waals surface area contributed by atoms with Gasteiger partial charge in [-0.25, -0.2) is 0 Å². The van der Waals surface area contributed by atoms with Crippen molar-refractivity contribution in [2.45, 2.75) is 19.8 Å². The van der Waals surface area contributed by atoms with E-state index in [4.69, 9.17) is 23.2 Å². The maximum absolute atomic E-state index is 12.4. The van der Waals surface area contributed by atoms with Gasteiger partial charge in [0, 0.05) is 42.0 Å². The minimum absolute atomic E-state index is 0.175. The maximum atomic E-state index is 12.4. The predicted molar refractivity (Wildman–Crippen MR) is 95.6 cm³/mol. The number of benzene rings is 1. The highest BCUT2D eigenvalue weighted by atomic mass is 35.5. The SMILES string of the molecule is C[C@H](CNC(=O)c1[nH]c2ccc(Cl)cc2c1Cl)CN1CCCC1=O. The number of carbonyl (C=O) groups is 2. The number of hydrogen-bond donors (Lipinski definition) is 2. The Labute approximate surface area is 150 Å². The first kappa shape index (κ1) is 17.1. The number of fused-ring (bicyclic) bond motifs is 1. The second kappa shape index (κ2) is 7.03. The molecular formula is C17H19Cl2N3O2. The number of carbonyl (C=O) groups excluding carboxylic acids is 2. The lowest BCUT2D eigenvalue weighted by Gasteiger charge is -2.20. The second-order valence-corrected chi connectivity index (χ2v) is 7.08. The van der Waals surface area contributed by atoms with E-state index < -0.39 is 0 Å². The summed E-state index contributed by atoms with van der Waals surface area (Å²) < 4.78 is 0. The molecule has 1 aliphatic rings. The first-order valence-corrected chi connectivity index (χ1v) is 8.74. The van der Waals surface area contributed by atoms with Crippen LogP contribution in [0, 0.1) is 5.92 Å². The maximum Gasteiger partial charge on any atom is 0.269 e. The van der Waals surface area contributed by atoms with Crippen molar-refractivity contribution in [3.63, 3.8) is 0 Å².